The van der Waals surface area contributed by atoms with Crippen molar-refractivity contribution in [3.05, 3.63) is 65.0 Å². The molecule has 2 heterocycles. The summed E-state index contributed by atoms with van der Waals surface area (Å²) >= 11 is 1.63. The Hall–Kier alpha value is -3.37. The number of nitrogens with zero attached hydrogens (tertiary/aromatic N) is 4. The molecule has 9 nitrogen and oxygen atoms in total. The lowest BCUT2D eigenvalue weighted by molar-refractivity contribution is -0.120. The largest absolute Gasteiger partial charge is 0.496 e. The number of amides is 1. The maximum atomic E-state index is 13.5. The predicted octanol–water partition coefficient (Wildman–Crippen LogP) is 3.87. The molecule has 0 radical (unpaired) electrons. The van der Waals surface area contributed by atoms with Crippen LogP contribution in [0.3, 0.4) is 0 Å². The molecule has 0 aliphatic carbocycles. The summed E-state index contributed by atoms with van der Waals surface area (Å²) in [5.74, 6) is 0.229. The van der Waals surface area contributed by atoms with Crippen molar-refractivity contribution in [1.82, 2.24) is 19.9 Å². The Morgan fingerprint density at radius 1 is 1.17 bits per heavy atom. The first-order valence-electron chi connectivity index (χ1n) is 11.7. The number of likely N-dealkylation sites (tertiary alicyclic amines) is 1. The van der Waals surface area contributed by atoms with Gasteiger partial charge in [0.2, 0.25) is 5.91 Å². The second-order valence-electron chi connectivity index (χ2n) is 8.81. The first-order chi connectivity index (χ1) is 17.3. The normalized spacial score (nSPS) is 17.7. The molecule has 36 heavy (non-hydrogen) atoms. The minimum Gasteiger partial charge on any atom is -0.496 e. The molecule has 1 aliphatic heterocycles. The van der Waals surface area contributed by atoms with Gasteiger partial charge in [-0.05, 0) is 67.5 Å². The Labute approximate surface area is 215 Å². The lowest BCUT2D eigenvalue weighted by Crippen LogP contribution is -2.39. The number of hydrogen-bond acceptors (Lipinski definition) is 8. The zero-order valence-electron chi connectivity index (χ0n) is 21.1. The van der Waals surface area contributed by atoms with Crippen molar-refractivity contribution in [3.63, 3.8) is 0 Å². The smallest absolute Gasteiger partial charge is 0.360 e. The molecule has 3 aromatic rings. The van der Waals surface area contributed by atoms with Crippen LogP contribution in [0.1, 0.15) is 39.6 Å². The third kappa shape index (κ3) is 5.39. The van der Waals surface area contributed by atoms with Crippen LogP contribution >= 0.6 is 11.8 Å². The number of carbonyl (C=O) groups excluding carboxylic acids is 2. The van der Waals surface area contributed by atoms with E-state index in [1.165, 1.54) is 7.11 Å². The summed E-state index contributed by atoms with van der Waals surface area (Å²) in [4.78, 5) is 28.6. The van der Waals surface area contributed by atoms with Crippen LogP contribution in [0.15, 0.2) is 47.5 Å². The summed E-state index contributed by atoms with van der Waals surface area (Å²) in [6.45, 7) is 5.28. The van der Waals surface area contributed by atoms with Gasteiger partial charge in [-0.1, -0.05) is 17.3 Å². The molecule has 1 aliphatic rings. The van der Waals surface area contributed by atoms with Crippen molar-refractivity contribution in [2.75, 3.05) is 32.3 Å². The molecule has 0 spiro atoms. The average Bonchev–Trinajstić information content (AvgIpc) is 3.54. The number of nitrogens with one attached hydrogen (secondary N) is 1. The summed E-state index contributed by atoms with van der Waals surface area (Å²) < 4.78 is 11.9. The quantitative estimate of drug-likeness (QED) is 0.361. The van der Waals surface area contributed by atoms with Gasteiger partial charge in [0.1, 0.15) is 5.75 Å². The van der Waals surface area contributed by atoms with Gasteiger partial charge in [-0.25, -0.2) is 9.48 Å². The highest BCUT2D eigenvalue weighted by Crippen LogP contribution is 2.32. The predicted molar refractivity (Wildman–Crippen MR) is 139 cm³/mol. The number of thioether (sulfide) groups is 1. The molecule has 4 rings (SSSR count). The van der Waals surface area contributed by atoms with E-state index >= 15 is 0 Å². The molecular formula is C26H31N5O4S. The van der Waals surface area contributed by atoms with Crippen LogP contribution < -0.4 is 10.1 Å². The van der Waals surface area contributed by atoms with E-state index in [9.17, 15) is 9.59 Å². The van der Waals surface area contributed by atoms with Gasteiger partial charge in [0.25, 0.3) is 0 Å². The Morgan fingerprint density at radius 2 is 1.97 bits per heavy atom. The number of benzene rings is 2. The fraction of sp³-hybridized carbons (Fsp3) is 0.385. The number of carbonyl (C=O) groups is 2. The Morgan fingerprint density at radius 3 is 2.69 bits per heavy atom. The number of esters is 1. The van der Waals surface area contributed by atoms with E-state index in [-0.39, 0.29) is 23.7 Å². The van der Waals surface area contributed by atoms with Crippen LogP contribution in [0.5, 0.6) is 5.75 Å². The van der Waals surface area contributed by atoms with Gasteiger partial charge >= 0.3 is 5.97 Å². The fourth-order valence-corrected chi connectivity index (χ4v) is 5.02. The topological polar surface area (TPSA) is 98.6 Å². The van der Waals surface area contributed by atoms with Crippen LogP contribution in [0, 0.1) is 13.8 Å². The zero-order chi connectivity index (χ0) is 25.8. The molecule has 1 fully saturated rings. The third-order valence-corrected chi connectivity index (χ3v) is 7.47. The maximum Gasteiger partial charge on any atom is 0.360 e. The highest BCUT2D eigenvalue weighted by atomic mass is 32.2. The molecule has 1 aromatic heterocycles. The van der Waals surface area contributed by atoms with Crippen molar-refractivity contribution in [3.8, 4) is 5.75 Å². The molecule has 2 aromatic carbocycles. The second-order valence-corrected chi connectivity index (χ2v) is 9.69. The molecular weight excluding hydrogens is 478 g/mol. The summed E-state index contributed by atoms with van der Waals surface area (Å²) in [6, 6.07) is 11.3. The molecule has 1 amide bonds. The summed E-state index contributed by atoms with van der Waals surface area (Å²) in [7, 11) is 2.98. The molecule has 0 saturated carbocycles. The monoisotopic (exact) mass is 509 g/mol. The van der Waals surface area contributed by atoms with E-state index in [1.54, 1.807) is 29.8 Å². The van der Waals surface area contributed by atoms with Crippen molar-refractivity contribution in [2.24, 2.45) is 0 Å². The highest BCUT2D eigenvalue weighted by molar-refractivity contribution is 7.98. The van der Waals surface area contributed by atoms with Crippen molar-refractivity contribution in [1.29, 1.82) is 0 Å². The summed E-state index contributed by atoms with van der Waals surface area (Å²) in [6.07, 6.45) is 4.12. The van der Waals surface area contributed by atoms with Gasteiger partial charge in [0, 0.05) is 23.7 Å². The molecule has 0 unspecified atom stereocenters. The summed E-state index contributed by atoms with van der Waals surface area (Å²) in [5.41, 5.74) is 4.26. The van der Waals surface area contributed by atoms with Crippen LogP contribution in [-0.4, -0.2) is 64.8 Å². The number of methoxy groups -OCH3 is 2. The summed E-state index contributed by atoms with van der Waals surface area (Å²) in [5, 5.41) is 11.2. The maximum absolute atomic E-state index is 13.5. The number of anilines is 1. The Balaban J connectivity index is 1.60. The highest BCUT2D eigenvalue weighted by Gasteiger charge is 2.38. The standard InChI is InChI=1S/C26H31N5O4S/c1-16-17(2)24(34-3)10-9-18(16)13-30-14-20(31-15-22(28-29-31)26(33)35-4)12-23(30)25(32)27-19-7-6-8-21(11-19)36-5/h6-11,15,20,23H,12-14H2,1-5H3,(H,27,32)/t20-,23-/m0/s1. The lowest BCUT2D eigenvalue weighted by Gasteiger charge is -2.25. The first kappa shape index (κ1) is 25.7. The number of hydrogen-bond donors (Lipinski definition) is 1. The first-order valence-corrected chi connectivity index (χ1v) is 12.9. The number of ether oxygens (including phenoxy) is 2. The lowest BCUT2D eigenvalue weighted by atomic mass is 10.0. The minimum atomic E-state index is -0.539. The molecule has 1 N–H and O–H groups in total. The van der Waals surface area contributed by atoms with Crippen LogP contribution in [0.4, 0.5) is 5.69 Å². The van der Waals surface area contributed by atoms with Gasteiger partial charge in [-0.15, -0.1) is 16.9 Å². The Kier molecular flexibility index (Phi) is 7.95. The van der Waals surface area contributed by atoms with Crippen molar-refractivity contribution >= 4 is 29.3 Å². The van der Waals surface area contributed by atoms with E-state index in [0.717, 1.165) is 33.0 Å². The third-order valence-electron chi connectivity index (χ3n) is 6.74. The number of aromatic nitrogens is 3. The number of rotatable bonds is 8. The second kappa shape index (κ2) is 11.1. The average molecular weight is 510 g/mol. The van der Waals surface area contributed by atoms with E-state index in [1.807, 2.05) is 43.5 Å². The zero-order valence-corrected chi connectivity index (χ0v) is 22.0. The minimum absolute atomic E-state index is 0.0769. The van der Waals surface area contributed by atoms with Crippen LogP contribution in [-0.2, 0) is 16.1 Å². The van der Waals surface area contributed by atoms with Crippen LogP contribution in [0.2, 0.25) is 0 Å². The molecule has 1 saturated heterocycles. The van der Waals surface area contributed by atoms with Crippen molar-refractivity contribution in [2.45, 2.75) is 43.8 Å². The molecule has 10 heteroatoms. The van der Waals surface area contributed by atoms with Gasteiger partial charge < -0.3 is 14.8 Å². The fourth-order valence-electron chi connectivity index (χ4n) is 4.56. The Bertz CT molecular complexity index is 1260. The van der Waals surface area contributed by atoms with Gasteiger partial charge in [-0.2, -0.15) is 0 Å². The SMILES string of the molecule is COC(=O)c1cn([C@H]2C[C@@H](C(=O)Nc3cccc(SC)c3)N(Cc3ccc(OC)c(C)c3C)C2)nn1. The van der Waals surface area contributed by atoms with E-state index in [4.69, 9.17) is 9.47 Å². The van der Waals surface area contributed by atoms with Gasteiger partial charge in [-0.3, -0.25) is 9.69 Å². The van der Waals surface area contributed by atoms with Crippen molar-refractivity contribution < 1.29 is 19.1 Å². The van der Waals surface area contributed by atoms with E-state index in [2.05, 4.69) is 33.5 Å². The molecule has 2 atom stereocenters. The van der Waals surface area contributed by atoms with E-state index < -0.39 is 5.97 Å². The van der Waals surface area contributed by atoms with E-state index in [0.29, 0.717) is 19.5 Å². The molecule has 0 bridgehead atoms. The molecule has 190 valence electrons. The van der Waals surface area contributed by atoms with Crippen LogP contribution in [0.25, 0.3) is 0 Å². The van der Waals surface area contributed by atoms with Gasteiger partial charge in [0.15, 0.2) is 5.69 Å². The van der Waals surface area contributed by atoms with Gasteiger partial charge in [0.05, 0.1) is 32.5 Å².